The lowest BCUT2D eigenvalue weighted by molar-refractivity contribution is 0.0171. The number of alkyl halides is 2. The monoisotopic (exact) mass is 446 g/mol. The Balaban J connectivity index is 1.55. The van der Waals surface area contributed by atoms with E-state index in [1.807, 2.05) is 6.20 Å². The molecule has 1 aliphatic rings. The van der Waals surface area contributed by atoms with Crippen molar-refractivity contribution in [2.45, 2.75) is 32.3 Å². The summed E-state index contributed by atoms with van der Waals surface area (Å²) >= 11 is 0. The number of H-pyrrole nitrogens is 1. The van der Waals surface area contributed by atoms with Gasteiger partial charge in [0.1, 0.15) is 23.7 Å². The Morgan fingerprint density at radius 1 is 1.03 bits per heavy atom. The van der Waals surface area contributed by atoms with Crippen molar-refractivity contribution in [2.75, 3.05) is 13.7 Å². The molecule has 3 aromatic rings. The first-order valence-corrected chi connectivity index (χ1v) is 10.1. The third-order valence-electron chi connectivity index (χ3n) is 5.39. The first kappa shape index (κ1) is 21.9. The van der Waals surface area contributed by atoms with E-state index in [-0.39, 0.29) is 23.7 Å². The molecule has 2 aromatic carbocycles. The molecule has 0 amide bonds. The zero-order valence-corrected chi connectivity index (χ0v) is 17.6. The van der Waals surface area contributed by atoms with E-state index >= 15 is 0 Å². The van der Waals surface area contributed by atoms with Crippen LogP contribution in [-0.2, 0) is 19.0 Å². The van der Waals surface area contributed by atoms with Gasteiger partial charge in [0.25, 0.3) is 5.92 Å². The highest BCUT2D eigenvalue weighted by molar-refractivity contribution is 5.46. The van der Waals surface area contributed by atoms with Gasteiger partial charge in [0.05, 0.1) is 7.11 Å². The molecule has 0 spiro atoms. The number of nitrogens with one attached hydrogen (secondary N) is 1. The number of aromatic nitrogens is 1. The lowest BCUT2D eigenvalue weighted by Crippen LogP contribution is -2.28. The minimum absolute atomic E-state index is 0.0720. The van der Waals surface area contributed by atoms with E-state index in [1.165, 1.54) is 19.2 Å². The summed E-state index contributed by atoms with van der Waals surface area (Å²) in [5, 5.41) is 0.978. The van der Waals surface area contributed by atoms with Crippen LogP contribution in [0, 0.1) is 11.6 Å². The second kappa shape index (κ2) is 8.68. The Labute approximate surface area is 182 Å². The molecule has 0 radical (unpaired) electrons. The summed E-state index contributed by atoms with van der Waals surface area (Å²) in [6, 6.07) is 5.88. The van der Waals surface area contributed by atoms with Crippen LogP contribution in [0.25, 0.3) is 6.08 Å². The van der Waals surface area contributed by atoms with Gasteiger partial charge in [-0.15, -0.1) is 0 Å². The number of nitrogens with zero attached hydrogens (tertiary/aromatic N) is 1. The maximum Gasteiger partial charge on any atom is 0.270 e. The molecule has 1 N–H and O–H groups in total. The molecule has 168 valence electrons. The van der Waals surface area contributed by atoms with Crippen molar-refractivity contribution < 1.29 is 27.0 Å². The fourth-order valence-corrected chi connectivity index (χ4v) is 3.64. The third kappa shape index (κ3) is 4.49. The van der Waals surface area contributed by atoms with Gasteiger partial charge in [-0.1, -0.05) is 18.2 Å². The Hall–Kier alpha value is -3.29. The summed E-state index contributed by atoms with van der Waals surface area (Å²) in [5.74, 6) is -4.08. The van der Waals surface area contributed by atoms with Crippen LogP contribution in [0.3, 0.4) is 0 Å². The second-order valence-corrected chi connectivity index (χ2v) is 7.71. The quantitative estimate of drug-likeness (QED) is 0.548. The molecule has 4 nitrogen and oxygen atoms in total. The largest absolute Gasteiger partial charge is 0.493 e. The molecule has 1 aliphatic heterocycles. The number of ether oxygens (including phenoxy) is 2. The van der Waals surface area contributed by atoms with E-state index in [0.29, 0.717) is 18.9 Å². The molecule has 0 saturated heterocycles. The molecule has 1 aromatic heterocycles. The zero-order valence-electron chi connectivity index (χ0n) is 17.6. The maximum absolute atomic E-state index is 14.8. The summed E-state index contributed by atoms with van der Waals surface area (Å²) in [6.07, 6.45) is 5.07. The highest BCUT2D eigenvalue weighted by atomic mass is 19.3. The van der Waals surface area contributed by atoms with Crippen molar-refractivity contribution in [2.24, 2.45) is 4.99 Å². The van der Waals surface area contributed by atoms with Crippen LogP contribution in [0.1, 0.15) is 35.6 Å². The molecule has 4 rings (SSSR count). The number of aromatic amines is 1. The highest BCUT2D eigenvalue weighted by Gasteiger charge is 2.25. The van der Waals surface area contributed by atoms with Crippen LogP contribution < -0.4 is 20.2 Å². The van der Waals surface area contributed by atoms with Crippen molar-refractivity contribution in [3.05, 3.63) is 81.1 Å². The van der Waals surface area contributed by atoms with Gasteiger partial charge < -0.3 is 14.5 Å². The van der Waals surface area contributed by atoms with Gasteiger partial charge in [0, 0.05) is 48.5 Å². The van der Waals surface area contributed by atoms with Crippen LogP contribution >= 0.6 is 0 Å². The van der Waals surface area contributed by atoms with Gasteiger partial charge in [-0.25, -0.2) is 17.6 Å². The Morgan fingerprint density at radius 2 is 1.81 bits per heavy atom. The SMILES string of the molecule is COc1cc(Cc2c[nH]c3c2=CCCN=3)c(F)cc1OCc1ccc(C(C)(F)F)cc1F. The number of hydrogen-bond acceptors (Lipinski definition) is 3. The molecular weight excluding hydrogens is 424 g/mol. The molecule has 0 bridgehead atoms. The van der Waals surface area contributed by atoms with Crippen molar-refractivity contribution in [3.63, 3.8) is 0 Å². The lowest BCUT2D eigenvalue weighted by Gasteiger charge is -2.15. The Morgan fingerprint density at radius 3 is 2.53 bits per heavy atom. The van der Waals surface area contributed by atoms with E-state index in [9.17, 15) is 17.6 Å². The van der Waals surface area contributed by atoms with Crippen LogP contribution in [-0.4, -0.2) is 18.6 Å². The van der Waals surface area contributed by atoms with Crippen molar-refractivity contribution in [1.29, 1.82) is 0 Å². The van der Waals surface area contributed by atoms with E-state index in [4.69, 9.17) is 9.47 Å². The number of fused-ring (bicyclic) bond motifs is 1. The van der Waals surface area contributed by atoms with E-state index in [2.05, 4.69) is 16.1 Å². The fourth-order valence-electron chi connectivity index (χ4n) is 3.64. The molecule has 0 saturated carbocycles. The van der Waals surface area contributed by atoms with Gasteiger partial charge in [-0.2, -0.15) is 0 Å². The summed E-state index contributed by atoms with van der Waals surface area (Å²) < 4.78 is 66.7. The van der Waals surface area contributed by atoms with E-state index in [1.54, 1.807) is 6.07 Å². The average molecular weight is 446 g/mol. The third-order valence-corrected chi connectivity index (χ3v) is 5.39. The number of methoxy groups -OCH3 is 1. The summed E-state index contributed by atoms with van der Waals surface area (Å²) in [4.78, 5) is 7.51. The lowest BCUT2D eigenvalue weighted by atomic mass is 10.0. The minimum Gasteiger partial charge on any atom is -0.493 e. The van der Waals surface area contributed by atoms with Crippen molar-refractivity contribution >= 4 is 6.08 Å². The average Bonchev–Trinajstić information content (AvgIpc) is 3.16. The van der Waals surface area contributed by atoms with Crippen LogP contribution in [0.4, 0.5) is 17.6 Å². The van der Waals surface area contributed by atoms with E-state index < -0.39 is 23.1 Å². The molecule has 32 heavy (non-hydrogen) atoms. The van der Waals surface area contributed by atoms with Crippen LogP contribution in [0.15, 0.2) is 41.5 Å². The molecular formula is C24H22F4N2O2. The number of hydrogen-bond donors (Lipinski definition) is 1. The van der Waals surface area contributed by atoms with Gasteiger partial charge in [-0.3, -0.25) is 4.99 Å². The minimum atomic E-state index is -3.15. The van der Waals surface area contributed by atoms with Crippen molar-refractivity contribution in [1.82, 2.24) is 4.98 Å². The molecule has 8 heteroatoms. The zero-order chi connectivity index (χ0) is 22.9. The van der Waals surface area contributed by atoms with Crippen LogP contribution in [0.5, 0.6) is 11.5 Å². The van der Waals surface area contributed by atoms with Gasteiger partial charge >= 0.3 is 0 Å². The highest BCUT2D eigenvalue weighted by Crippen LogP contribution is 2.33. The summed E-state index contributed by atoms with van der Waals surface area (Å²) in [6.45, 7) is 1.16. The van der Waals surface area contributed by atoms with Crippen LogP contribution in [0.2, 0.25) is 0 Å². The van der Waals surface area contributed by atoms with Gasteiger partial charge in [-0.05, 0) is 29.7 Å². The van der Waals surface area contributed by atoms with Crippen molar-refractivity contribution in [3.8, 4) is 11.5 Å². The molecule has 2 heterocycles. The van der Waals surface area contributed by atoms with Gasteiger partial charge in [0.15, 0.2) is 11.5 Å². The first-order chi connectivity index (χ1) is 15.3. The number of benzene rings is 2. The standard InChI is InChI=1S/C24H22F4N2O2/c1-24(27,28)17-6-5-14(19(25)10-17)13-32-22-11-20(26)15(9-21(22)31-2)8-16-12-30-23-18(16)4-3-7-29-23/h4-6,9-12H,3,7-8,13H2,1-2H3,(H,29,30). The molecule has 0 unspecified atom stereocenters. The Kier molecular flexibility index (Phi) is 5.95. The fraction of sp³-hybridized carbons (Fsp3) is 0.292. The molecule has 0 fully saturated rings. The summed E-state index contributed by atoms with van der Waals surface area (Å²) in [7, 11) is 1.42. The summed E-state index contributed by atoms with van der Waals surface area (Å²) in [5.41, 5.74) is 1.78. The first-order valence-electron chi connectivity index (χ1n) is 10.1. The number of halogens is 4. The van der Waals surface area contributed by atoms with E-state index in [0.717, 1.165) is 41.4 Å². The topological polar surface area (TPSA) is 46.6 Å². The normalized spacial score (nSPS) is 13.2. The molecule has 0 aliphatic carbocycles. The number of rotatable bonds is 7. The Bertz CT molecular complexity index is 1260. The predicted octanol–water partition coefficient (Wildman–Crippen LogP) is 4.39. The molecule has 0 atom stereocenters. The second-order valence-electron chi connectivity index (χ2n) is 7.71. The smallest absolute Gasteiger partial charge is 0.270 e. The van der Waals surface area contributed by atoms with Gasteiger partial charge in [0.2, 0.25) is 0 Å². The maximum atomic E-state index is 14.8. The predicted molar refractivity (Wildman–Crippen MR) is 112 cm³/mol.